The number of carbonyl (C=O) groups is 1. The second-order valence-corrected chi connectivity index (χ2v) is 7.41. The molecule has 1 aromatic carbocycles. The molecule has 0 saturated heterocycles. The second-order valence-electron chi connectivity index (χ2n) is 7.41. The highest BCUT2D eigenvalue weighted by Crippen LogP contribution is 2.54. The summed E-state index contributed by atoms with van der Waals surface area (Å²) in [7, 11) is 0. The highest BCUT2D eigenvalue weighted by molar-refractivity contribution is 5.99. The Morgan fingerprint density at radius 2 is 1.86 bits per heavy atom. The molecule has 1 aromatic rings. The highest BCUT2D eigenvalue weighted by Gasteiger charge is 2.50. The zero-order chi connectivity index (χ0) is 14.8. The third kappa shape index (κ3) is 1.90. The number of carbonyl (C=O) groups excluding carboxylic acids is 1. The molecule has 2 bridgehead atoms. The number of hydrogen-bond acceptors (Lipinski definition) is 3. The largest absolute Gasteiger partial charge is 0.456 e. The lowest BCUT2D eigenvalue weighted by molar-refractivity contribution is -0.174. The van der Waals surface area contributed by atoms with Gasteiger partial charge in [-0.05, 0) is 11.5 Å². The van der Waals surface area contributed by atoms with Crippen molar-refractivity contribution in [3.63, 3.8) is 0 Å². The van der Waals surface area contributed by atoms with E-state index in [1.807, 2.05) is 25.1 Å². The minimum Gasteiger partial charge on any atom is -0.456 e. The number of ketones is 1. The Kier molecular flexibility index (Phi) is 2.40. The van der Waals surface area contributed by atoms with Crippen molar-refractivity contribution >= 4 is 5.78 Å². The third-order valence-corrected chi connectivity index (χ3v) is 4.76. The van der Waals surface area contributed by atoms with Crippen molar-refractivity contribution in [1.82, 2.24) is 0 Å². The molecule has 2 aliphatic heterocycles. The van der Waals surface area contributed by atoms with Crippen LogP contribution in [0.3, 0.4) is 0 Å². The summed E-state index contributed by atoms with van der Waals surface area (Å²) in [4.78, 5) is 12.7. The Morgan fingerprint density at radius 3 is 2.67 bits per heavy atom. The van der Waals surface area contributed by atoms with Gasteiger partial charge in [0.1, 0.15) is 11.5 Å². The summed E-state index contributed by atoms with van der Waals surface area (Å²) in [5.74, 6) is 1.41. The maximum absolute atomic E-state index is 12.7. The van der Waals surface area contributed by atoms with Crippen molar-refractivity contribution in [2.45, 2.75) is 51.7 Å². The molecular weight excluding hydrogens is 264 g/mol. The molecule has 0 amide bonds. The number of para-hydroxylation sites is 1. The van der Waals surface area contributed by atoms with Crippen molar-refractivity contribution in [1.29, 1.82) is 0 Å². The summed E-state index contributed by atoms with van der Waals surface area (Å²) < 4.78 is 12.2. The average molecular weight is 284 g/mol. The van der Waals surface area contributed by atoms with Crippen molar-refractivity contribution in [2.75, 3.05) is 0 Å². The molecule has 3 heteroatoms. The number of hydrogen-bond donors (Lipinski definition) is 0. The fourth-order valence-electron chi connectivity index (χ4n) is 3.95. The van der Waals surface area contributed by atoms with E-state index in [4.69, 9.17) is 9.47 Å². The van der Waals surface area contributed by atoms with Gasteiger partial charge in [0, 0.05) is 43.2 Å². The molecule has 2 unspecified atom stereocenters. The zero-order valence-corrected chi connectivity index (χ0v) is 12.7. The fraction of sp³-hybridized carbons (Fsp3) is 0.500. The van der Waals surface area contributed by atoms with Crippen LogP contribution in [0.25, 0.3) is 0 Å². The average Bonchev–Trinajstić information content (AvgIpc) is 2.35. The van der Waals surface area contributed by atoms with Gasteiger partial charge in [0.15, 0.2) is 5.78 Å². The van der Waals surface area contributed by atoms with Gasteiger partial charge in [-0.25, -0.2) is 0 Å². The van der Waals surface area contributed by atoms with E-state index < -0.39 is 5.79 Å². The Balaban J connectivity index is 1.89. The molecule has 3 aliphatic rings. The molecule has 21 heavy (non-hydrogen) atoms. The summed E-state index contributed by atoms with van der Waals surface area (Å²) in [6.07, 6.45) is 2.13. The van der Waals surface area contributed by atoms with E-state index in [0.717, 1.165) is 35.5 Å². The molecule has 0 saturated carbocycles. The normalized spacial score (nSPS) is 32.7. The maximum atomic E-state index is 12.7. The Morgan fingerprint density at radius 1 is 1.10 bits per heavy atom. The van der Waals surface area contributed by atoms with Gasteiger partial charge in [-0.15, -0.1) is 0 Å². The van der Waals surface area contributed by atoms with Gasteiger partial charge in [0.05, 0.1) is 0 Å². The number of fused-ring (bicyclic) bond motifs is 5. The van der Waals surface area contributed by atoms with E-state index >= 15 is 0 Å². The van der Waals surface area contributed by atoms with Gasteiger partial charge in [-0.3, -0.25) is 4.79 Å². The lowest BCUT2D eigenvalue weighted by atomic mass is 9.69. The number of allylic oxidation sites excluding steroid dienone is 2. The molecule has 0 aromatic heterocycles. The smallest absolute Gasteiger partial charge is 0.248 e. The van der Waals surface area contributed by atoms with Crippen molar-refractivity contribution in [3.05, 3.63) is 41.2 Å². The van der Waals surface area contributed by atoms with Crippen molar-refractivity contribution in [2.24, 2.45) is 5.41 Å². The maximum Gasteiger partial charge on any atom is 0.248 e. The summed E-state index contributed by atoms with van der Waals surface area (Å²) in [6, 6.07) is 8.01. The molecule has 110 valence electrons. The predicted molar refractivity (Wildman–Crippen MR) is 79.0 cm³/mol. The Bertz CT molecular complexity index is 671. The van der Waals surface area contributed by atoms with Crippen LogP contribution >= 0.6 is 0 Å². The standard InChI is InChI=1S/C18H20O3/c1-17(2)9-13(19)16-12-8-18(3,21-15(16)10-17)20-14-7-5-4-6-11(12)14/h4-7,12H,8-10H2,1-3H3. The highest BCUT2D eigenvalue weighted by atomic mass is 16.7. The number of rotatable bonds is 0. The van der Waals surface area contributed by atoms with E-state index in [2.05, 4.69) is 19.9 Å². The molecule has 4 rings (SSSR count). The van der Waals surface area contributed by atoms with Gasteiger partial charge >= 0.3 is 0 Å². The van der Waals surface area contributed by atoms with Crippen LogP contribution in [-0.4, -0.2) is 11.6 Å². The molecule has 0 N–H and O–H groups in total. The van der Waals surface area contributed by atoms with E-state index in [0.29, 0.717) is 6.42 Å². The molecule has 1 aliphatic carbocycles. The van der Waals surface area contributed by atoms with E-state index in [-0.39, 0.29) is 17.1 Å². The fourth-order valence-corrected chi connectivity index (χ4v) is 3.95. The number of ether oxygens (including phenoxy) is 2. The summed E-state index contributed by atoms with van der Waals surface area (Å²) >= 11 is 0. The second kappa shape index (κ2) is 3.90. The third-order valence-electron chi connectivity index (χ3n) is 4.76. The quantitative estimate of drug-likeness (QED) is 0.724. The van der Waals surface area contributed by atoms with Crippen LogP contribution in [0.15, 0.2) is 35.6 Å². The molecule has 3 nitrogen and oxygen atoms in total. The van der Waals surface area contributed by atoms with Crippen molar-refractivity contribution < 1.29 is 14.3 Å². The molecule has 2 atom stereocenters. The minimum atomic E-state index is -0.647. The van der Waals surface area contributed by atoms with Crippen LogP contribution < -0.4 is 4.74 Å². The van der Waals surface area contributed by atoms with Crippen LogP contribution in [-0.2, 0) is 9.53 Å². The van der Waals surface area contributed by atoms with E-state index in [1.54, 1.807) is 0 Å². The Labute approximate surface area is 124 Å². The first-order valence-corrected chi connectivity index (χ1v) is 7.60. The van der Waals surface area contributed by atoms with E-state index in [1.165, 1.54) is 0 Å². The first-order valence-electron chi connectivity index (χ1n) is 7.60. The van der Waals surface area contributed by atoms with Crippen LogP contribution in [0.2, 0.25) is 0 Å². The molecule has 0 radical (unpaired) electrons. The van der Waals surface area contributed by atoms with Crippen LogP contribution in [0.4, 0.5) is 0 Å². The number of Topliss-reactive ketones (excluding diaryl/α,β-unsaturated/α-hetero) is 1. The SMILES string of the molecule is CC1(C)CC(=O)C2=C(C1)OC1(C)CC2c2ccccc2O1. The Hall–Kier alpha value is -1.77. The van der Waals surface area contributed by atoms with Crippen LogP contribution in [0.5, 0.6) is 5.75 Å². The van der Waals surface area contributed by atoms with Gasteiger partial charge in [-0.1, -0.05) is 32.0 Å². The number of benzene rings is 1. The lowest BCUT2D eigenvalue weighted by Crippen LogP contribution is -2.47. The van der Waals surface area contributed by atoms with Crippen LogP contribution in [0.1, 0.15) is 51.5 Å². The minimum absolute atomic E-state index is 0.0303. The summed E-state index contributed by atoms with van der Waals surface area (Å²) in [5.41, 5.74) is 1.98. The van der Waals surface area contributed by atoms with E-state index in [9.17, 15) is 4.79 Å². The summed E-state index contributed by atoms with van der Waals surface area (Å²) in [5, 5.41) is 0. The molecule has 0 fully saturated rings. The molecule has 2 heterocycles. The van der Waals surface area contributed by atoms with Gasteiger partial charge < -0.3 is 9.47 Å². The lowest BCUT2D eigenvalue weighted by Gasteiger charge is -2.48. The first kappa shape index (κ1) is 12.9. The molecular formula is C18H20O3. The summed E-state index contributed by atoms with van der Waals surface area (Å²) in [6.45, 7) is 6.23. The zero-order valence-electron chi connectivity index (χ0n) is 12.7. The molecule has 0 spiro atoms. The van der Waals surface area contributed by atoms with Crippen LogP contribution in [0, 0.1) is 5.41 Å². The predicted octanol–water partition coefficient (Wildman–Crippen LogP) is 3.94. The topological polar surface area (TPSA) is 35.5 Å². The van der Waals surface area contributed by atoms with Gasteiger partial charge in [0.25, 0.3) is 0 Å². The first-order chi connectivity index (χ1) is 9.87. The van der Waals surface area contributed by atoms with Crippen molar-refractivity contribution in [3.8, 4) is 5.75 Å². The monoisotopic (exact) mass is 284 g/mol. The van der Waals surface area contributed by atoms with Gasteiger partial charge in [0.2, 0.25) is 5.79 Å². The van der Waals surface area contributed by atoms with Gasteiger partial charge in [-0.2, -0.15) is 0 Å².